The van der Waals surface area contributed by atoms with Gasteiger partial charge in [0.15, 0.2) is 0 Å². The van der Waals surface area contributed by atoms with Crippen LogP contribution < -0.4 is 21.3 Å². The van der Waals surface area contributed by atoms with Gasteiger partial charge < -0.3 is 26.2 Å². The fourth-order valence-corrected chi connectivity index (χ4v) is 3.87. The van der Waals surface area contributed by atoms with Gasteiger partial charge in [-0.25, -0.2) is 9.37 Å². The summed E-state index contributed by atoms with van der Waals surface area (Å²) in [6, 6.07) is 6.71. The molecule has 3 amide bonds. The molecule has 1 heterocycles. The zero-order valence-corrected chi connectivity index (χ0v) is 22.0. The van der Waals surface area contributed by atoms with Gasteiger partial charge in [0.05, 0.1) is 16.9 Å². The number of rotatable bonds is 9. The Morgan fingerprint density at radius 3 is 2.30 bits per heavy atom. The number of benzene rings is 1. The van der Waals surface area contributed by atoms with Crippen LogP contribution in [0.15, 0.2) is 30.3 Å². The van der Waals surface area contributed by atoms with E-state index in [2.05, 4.69) is 22.5 Å². The first kappa shape index (κ1) is 29.6. The van der Waals surface area contributed by atoms with E-state index in [1.54, 1.807) is 6.07 Å². The Labute approximate surface area is 216 Å². The van der Waals surface area contributed by atoms with Gasteiger partial charge >= 0.3 is 0 Å². The molecular formula is C26H36F2N6O3. The van der Waals surface area contributed by atoms with Gasteiger partial charge in [-0.3, -0.25) is 14.4 Å². The van der Waals surface area contributed by atoms with Crippen LogP contribution in [-0.4, -0.2) is 68.4 Å². The molecule has 1 fully saturated rings. The van der Waals surface area contributed by atoms with Crippen LogP contribution in [0.25, 0.3) is 0 Å². The minimum atomic E-state index is -0.758. The smallest absolute Gasteiger partial charge is 0.269 e. The minimum Gasteiger partial charge on any atom is -0.367 e. The first-order chi connectivity index (χ1) is 17.5. The van der Waals surface area contributed by atoms with Crippen molar-refractivity contribution in [3.8, 4) is 0 Å². The maximum absolute atomic E-state index is 14.0. The number of hydrogen-bond donors (Lipinski definition) is 3. The highest BCUT2D eigenvalue weighted by molar-refractivity contribution is 6.03. The summed E-state index contributed by atoms with van der Waals surface area (Å²) in [5, 5.41) is 5.06. The molecule has 1 aliphatic carbocycles. The van der Waals surface area contributed by atoms with Crippen LogP contribution in [0.3, 0.4) is 0 Å². The summed E-state index contributed by atoms with van der Waals surface area (Å²) in [7, 11) is 5.43. The van der Waals surface area contributed by atoms with Crippen LogP contribution in [0.1, 0.15) is 47.5 Å². The number of carbonyl (C=O) groups excluding carboxylic acids is 3. The van der Waals surface area contributed by atoms with Gasteiger partial charge in [0, 0.05) is 32.6 Å². The Hall–Kier alpha value is -3.60. The molecule has 4 N–H and O–H groups in total. The molecule has 37 heavy (non-hydrogen) atoms. The summed E-state index contributed by atoms with van der Waals surface area (Å²) in [4.78, 5) is 42.0. The number of halogens is 2. The largest absolute Gasteiger partial charge is 0.367 e. The Bertz CT molecular complexity index is 1110. The summed E-state index contributed by atoms with van der Waals surface area (Å²) < 4.78 is 27.0. The predicted octanol–water partition coefficient (Wildman–Crippen LogP) is 2.88. The van der Waals surface area contributed by atoms with Crippen molar-refractivity contribution in [2.75, 3.05) is 51.0 Å². The number of carbonyl (C=O) groups is 3. The van der Waals surface area contributed by atoms with Crippen molar-refractivity contribution < 1.29 is 23.2 Å². The van der Waals surface area contributed by atoms with E-state index in [9.17, 15) is 23.2 Å². The van der Waals surface area contributed by atoms with E-state index >= 15 is 0 Å². The number of nitrogens with zero attached hydrogens (tertiary/aromatic N) is 3. The Balaban J connectivity index is 0.000000260. The molecule has 11 heteroatoms. The zero-order valence-electron chi connectivity index (χ0n) is 22.0. The number of likely N-dealkylation sites (N-methyl/N-ethyl adjacent to an activating group) is 2. The fraction of sp³-hybridized carbons (Fsp3) is 0.462. The van der Waals surface area contributed by atoms with Crippen molar-refractivity contribution in [3.05, 3.63) is 53.4 Å². The van der Waals surface area contributed by atoms with Gasteiger partial charge in [-0.15, -0.1) is 0 Å². The molecule has 0 atom stereocenters. The van der Waals surface area contributed by atoms with Crippen molar-refractivity contribution in [2.45, 2.75) is 26.7 Å². The van der Waals surface area contributed by atoms with Gasteiger partial charge in [-0.05, 0) is 70.1 Å². The normalized spacial score (nSPS) is 16.2. The third kappa shape index (κ3) is 8.49. The van der Waals surface area contributed by atoms with Gasteiger partial charge in [0.2, 0.25) is 11.9 Å². The number of pyridine rings is 1. The molecule has 0 aliphatic heterocycles. The number of amides is 3. The molecule has 0 spiro atoms. The van der Waals surface area contributed by atoms with E-state index in [1.807, 2.05) is 30.8 Å². The van der Waals surface area contributed by atoms with Gasteiger partial charge in [0.25, 0.3) is 11.8 Å². The molecule has 2 aromatic rings. The molecule has 202 valence electrons. The van der Waals surface area contributed by atoms with Crippen LogP contribution in [0.2, 0.25) is 0 Å². The summed E-state index contributed by atoms with van der Waals surface area (Å²) in [6.07, 6.45) is 1.69. The quantitative estimate of drug-likeness (QED) is 0.439. The van der Waals surface area contributed by atoms with Crippen LogP contribution in [-0.2, 0) is 4.79 Å². The number of anilines is 2. The van der Waals surface area contributed by atoms with Gasteiger partial charge in [0.1, 0.15) is 11.5 Å². The third-order valence-corrected chi connectivity index (χ3v) is 6.08. The molecule has 1 saturated carbocycles. The lowest BCUT2D eigenvalue weighted by molar-refractivity contribution is -0.123. The lowest BCUT2D eigenvalue weighted by atomic mass is 9.75. The third-order valence-electron chi connectivity index (χ3n) is 6.08. The fourth-order valence-electron chi connectivity index (χ4n) is 3.87. The first-order valence-corrected chi connectivity index (χ1v) is 12.1. The second-order valence-corrected chi connectivity index (χ2v) is 9.29. The molecule has 0 saturated heterocycles. The standard InChI is InChI=1S/C13H21FN4O.C13H15FN2O2/c1-5-18(9-8-17(3)4)11-7-6-10(13(19)15-2)16-12(11)14;1-7-4-8(5-7)13(18)16-11-3-2-9(14)6-10(11)12(15)17/h6-7H,5,8-9H2,1-4H3,(H,15,19);2-3,6-8H,4-5H2,1H3,(H2,15,17)(H,16,18). The minimum absolute atomic E-state index is 0.00396. The summed E-state index contributed by atoms with van der Waals surface area (Å²) in [6.45, 7) is 6.26. The number of nitrogens with one attached hydrogen (secondary N) is 2. The number of hydrogen-bond acceptors (Lipinski definition) is 6. The van der Waals surface area contributed by atoms with E-state index in [1.165, 1.54) is 25.2 Å². The van der Waals surface area contributed by atoms with Crippen LogP contribution >= 0.6 is 0 Å². The Morgan fingerprint density at radius 2 is 1.78 bits per heavy atom. The lowest BCUT2D eigenvalue weighted by Gasteiger charge is -2.31. The molecular weight excluding hydrogens is 482 g/mol. The zero-order chi connectivity index (χ0) is 27.7. The van der Waals surface area contributed by atoms with E-state index in [0.717, 1.165) is 25.5 Å². The molecule has 3 rings (SSSR count). The summed E-state index contributed by atoms with van der Waals surface area (Å²) >= 11 is 0. The molecule has 1 aromatic carbocycles. The van der Waals surface area contributed by atoms with Crippen LogP contribution in [0, 0.1) is 23.6 Å². The molecule has 1 aliphatic rings. The average molecular weight is 519 g/mol. The van der Waals surface area contributed by atoms with Crippen molar-refractivity contribution in [2.24, 2.45) is 17.6 Å². The van der Waals surface area contributed by atoms with E-state index in [0.29, 0.717) is 24.7 Å². The number of nitrogens with two attached hydrogens (primary N) is 1. The van der Waals surface area contributed by atoms with Crippen LogP contribution in [0.4, 0.5) is 20.2 Å². The highest BCUT2D eigenvalue weighted by atomic mass is 19.1. The van der Waals surface area contributed by atoms with Crippen molar-refractivity contribution in [1.29, 1.82) is 0 Å². The SMILES string of the molecule is CC1CC(C(=O)Nc2ccc(F)cc2C(N)=O)C1.CCN(CCN(C)C)c1ccc(C(=O)NC)nc1F. The monoisotopic (exact) mass is 518 g/mol. The number of primary amides is 1. The molecule has 0 radical (unpaired) electrons. The van der Waals surface area contributed by atoms with Crippen molar-refractivity contribution in [3.63, 3.8) is 0 Å². The molecule has 1 aromatic heterocycles. The van der Waals surface area contributed by atoms with Gasteiger partial charge in [-0.1, -0.05) is 6.92 Å². The van der Waals surface area contributed by atoms with Gasteiger partial charge in [-0.2, -0.15) is 4.39 Å². The van der Waals surface area contributed by atoms with E-state index in [4.69, 9.17) is 5.73 Å². The Morgan fingerprint density at radius 1 is 1.11 bits per heavy atom. The second-order valence-electron chi connectivity index (χ2n) is 9.29. The highest BCUT2D eigenvalue weighted by Gasteiger charge is 2.31. The van der Waals surface area contributed by atoms with E-state index in [-0.39, 0.29) is 34.7 Å². The maximum atomic E-state index is 14.0. The predicted molar refractivity (Wildman–Crippen MR) is 139 cm³/mol. The molecule has 0 bridgehead atoms. The number of aromatic nitrogens is 1. The molecule has 0 unspecified atom stereocenters. The summed E-state index contributed by atoms with van der Waals surface area (Å²) in [5.41, 5.74) is 5.93. The van der Waals surface area contributed by atoms with Crippen molar-refractivity contribution in [1.82, 2.24) is 15.2 Å². The summed E-state index contributed by atoms with van der Waals surface area (Å²) in [5.74, 6) is -1.91. The maximum Gasteiger partial charge on any atom is 0.269 e. The second kappa shape index (κ2) is 13.6. The van der Waals surface area contributed by atoms with E-state index < -0.39 is 17.7 Å². The molecule has 9 nitrogen and oxygen atoms in total. The lowest BCUT2D eigenvalue weighted by Crippen LogP contribution is -2.33. The topological polar surface area (TPSA) is 121 Å². The Kier molecular flexibility index (Phi) is 10.9. The van der Waals surface area contributed by atoms with Crippen molar-refractivity contribution >= 4 is 29.1 Å². The first-order valence-electron chi connectivity index (χ1n) is 12.1. The highest BCUT2D eigenvalue weighted by Crippen LogP contribution is 2.34. The average Bonchev–Trinajstić information content (AvgIpc) is 2.83. The van der Waals surface area contributed by atoms with Crippen LogP contribution in [0.5, 0.6) is 0 Å².